The lowest BCUT2D eigenvalue weighted by Crippen LogP contribution is -2.24. The zero-order valence-corrected chi connectivity index (χ0v) is 16.2. The summed E-state index contributed by atoms with van der Waals surface area (Å²) in [4.78, 5) is 0. The first kappa shape index (κ1) is 23.7. The molecule has 0 aromatic heterocycles. The van der Waals surface area contributed by atoms with E-state index in [1.807, 2.05) is 0 Å². The summed E-state index contributed by atoms with van der Waals surface area (Å²) in [7, 11) is 0. The minimum absolute atomic E-state index is 0.0304. The third kappa shape index (κ3) is 10.5. The van der Waals surface area contributed by atoms with Crippen LogP contribution in [0.4, 0.5) is 26.3 Å². The molecule has 0 unspecified atom stereocenters. The Hall–Kier alpha value is -1.38. The molecule has 0 aliphatic carbocycles. The van der Waals surface area contributed by atoms with E-state index in [2.05, 4.69) is 4.40 Å². The fraction of sp³-hybridized carbons (Fsp3) is 0.611. The van der Waals surface area contributed by atoms with Gasteiger partial charge in [0.25, 0.3) is 0 Å². The van der Waals surface area contributed by atoms with Crippen molar-refractivity contribution in [2.45, 2.75) is 63.6 Å². The van der Waals surface area contributed by atoms with E-state index in [0.717, 1.165) is 11.9 Å². The molecule has 1 aromatic rings. The summed E-state index contributed by atoms with van der Waals surface area (Å²) < 4.78 is 84.3. The molecule has 0 aliphatic heterocycles. The van der Waals surface area contributed by atoms with Crippen LogP contribution in [-0.4, -0.2) is 29.4 Å². The zero-order valence-electron chi connectivity index (χ0n) is 15.4. The van der Waals surface area contributed by atoms with Gasteiger partial charge in [0.05, 0.1) is 6.61 Å². The number of hydrogen-bond acceptors (Lipinski definition) is 3. The first-order chi connectivity index (χ1) is 12.3. The van der Waals surface area contributed by atoms with Crippen molar-refractivity contribution in [1.82, 2.24) is 0 Å². The summed E-state index contributed by atoms with van der Waals surface area (Å²) in [6.45, 7) is 5.50. The minimum Gasteiger partial charge on any atom is -0.494 e. The van der Waals surface area contributed by atoms with Crippen molar-refractivity contribution in [2.24, 2.45) is 4.40 Å². The van der Waals surface area contributed by atoms with E-state index in [0.29, 0.717) is 18.6 Å². The van der Waals surface area contributed by atoms with Crippen LogP contribution in [0.1, 0.15) is 52.0 Å². The highest BCUT2D eigenvalue weighted by Gasteiger charge is 2.37. The SMILES string of the molecule is CC(C)(C)S/N=C(\c1ccc(OCCCCCC(F)(F)F)cc1)C(F)(F)F. The van der Waals surface area contributed by atoms with Crippen molar-refractivity contribution in [3.63, 3.8) is 0 Å². The zero-order chi connectivity index (χ0) is 20.7. The number of halogens is 6. The van der Waals surface area contributed by atoms with E-state index in [1.165, 1.54) is 24.3 Å². The highest BCUT2D eigenvalue weighted by Crippen LogP contribution is 2.31. The molecule has 0 bridgehead atoms. The lowest BCUT2D eigenvalue weighted by atomic mass is 10.1. The number of alkyl halides is 6. The summed E-state index contributed by atoms with van der Waals surface area (Å²) in [5, 5.41) is 0. The second-order valence-electron chi connectivity index (χ2n) is 6.94. The third-order valence-electron chi connectivity index (χ3n) is 3.18. The lowest BCUT2D eigenvalue weighted by molar-refractivity contribution is -0.135. The average molecular weight is 415 g/mol. The van der Waals surface area contributed by atoms with Gasteiger partial charge in [0, 0.05) is 16.7 Å². The molecule has 154 valence electrons. The third-order valence-corrected chi connectivity index (χ3v) is 4.00. The summed E-state index contributed by atoms with van der Waals surface area (Å²) >= 11 is 0.847. The maximum absolute atomic E-state index is 13.2. The van der Waals surface area contributed by atoms with Gasteiger partial charge >= 0.3 is 12.4 Å². The highest BCUT2D eigenvalue weighted by molar-refractivity contribution is 7.99. The minimum atomic E-state index is -4.58. The van der Waals surface area contributed by atoms with Crippen LogP contribution in [0.2, 0.25) is 0 Å². The number of hydrogen-bond donors (Lipinski definition) is 0. The molecule has 1 aromatic carbocycles. The van der Waals surface area contributed by atoms with Crippen molar-refractivity contribution in [2.75, 3.05) is 6.61 Å². The fourth-order valence-electron chi connectivity index (χ4n) is 1.95. The van der Waals surface area contributed by atoms with Gasteiger partial charge in [0.15, 0.2) is 5.71 Å². The van der Waals surface area contributed by atoms with Gasteiger partial charge in [-0.3, -0.25) is 0 Å². The molecule has 1 rings (SSSR count). The van der Waals surface area contributed by atoms with Crippen LogP contribution >= 0.6 is 11.9 Å². The Morgan fingerprint density at radius 3 is 2.00 bits per heavy atom. The Bertz CT molecular complexity index is 602. The van der Waals surface area contributed by atoms with E-state index in [-0.39, 0.29) is 18.6 Å². The normalized spacial score (nSPS) is 13.7. The molecule has 9 heteroatoms. The molecular weight excluding hydrogens is 392 g/mol. The Labute approximate surface area is 159 Å². The number of ether oxygens (including phenoxy) is 1. The number of rotatable bonds is 8. The smallest absolute Gasteiger partial charge is 0.434 e. The second-order valence-corrected chi connectivity index (χ2v) is 8.53. The Kier molecular flexibility index (Phi) is 8.50. The molecule has 0 radical (unpaired) electrons. The van der Waals surface area contributed by atoms with E-state index in [4.69, 9.17) is 4.74 Å². The first-order valence-electron chi connectivity index (χ1n) is 8.41. The molecule has 0 spiro atoms. The van der Waals surface area contributed by atoms with E-state index in [9.17, 15) is 26.3 Å². The molecule has 0 N–H and O–H groups in total. The van der Waals surface area contributed by atoms with Crippen molar-refractivity contribution in [1.29, 1.82) is 0 Å². The fourth-order valence-corrected chi connectivity index (χ4v) is 2.53. The van der Waals surface area contributed by atoms with Gasteiger partial charge in [0.1, 0.15) is 5.75 Å². The second kappa shape index (κ2) is 9.71. The van der Waals surface area contributed by atoms with Gasteiger partial charge in [-0.15, -0.1) is 0 Å². The Morgan fingerprint density at radius 1 is 0.926 bits per heavy atom. The summed E-state index contributed by atoms with van der Waals surface area (Å²) in [6, 6.07) is 5.34. The van der Waals surface area contributed by atoms with Gasteiger partial charge in [0.2, 0.25) is 0 Å². The monoisotopic (exact) mass is 415 g/mol. The largest absolute Gasteiger partial charge is 0.494 e. The molecule has 0 saturated carbocycles. The molecule has 2 nitrogen and oxygen atoms in total. The maximum Gasteiger partial charge on any atom is 0.434 e. The van der Waals surface area contributed by atoms with Crippen LogP contribution < -0.4 is 4.74 Å². The van der Waals surface area contributed by atoms with E-state index in [1.54, 1.807) is 20.8 Å². The van der Waals surface area contributed by atoms with Crippen LogP contribution in [0, 0.1) is 0 Å². The van der Waals surface area contributed by atoms with Crippen molar-refractivity contribution >= 4 is 17.7 Å². The summed E-state index contributed by atoms with van der Waals surface area (Å²) in [5.41, 5.74) is -1.04. The van der Waals surface area contributed by atoms with Crippen LogP contribution in [0.25, 0.3) is 0 Å². The van der Waals surface area contributed by atoms with Gasteiger partial charge < -0.3 is 4.74 Å². The molecule has 0 atom stereocenters. The molecular formula is C18H23F6NOS. The molecule has 27 heavy (non-hydrogen) atoms. The van der Waals surface area contributed by atoms with E-state index < -0.39 is 29.2 Å². The van der Waals surface area contributed by atoms with Crippen molar-refractivity contribution in [3.8, 4) is 5.75 Å². The van der Waals surface area contributed by atoms with Crippen LogP contribution in [-0.2, 0) is 0 Å². The maximum atomic E-state index is 13.2. The topological polar surface area (TPSA) is 21.6 Å². The van der Waals surface area contributed by atoms with Crippen molar-refractivity contribution < 1.29 is 31.1 Å². The summed E-state index contributed by atoms with van der Waals surface area (Å²) in [5.74, 6) is 0.361. The van der Waals surface area contributed by atoms with E-state index >= 15 is 0 Å². The number of unbranched alkanes of at least 4 members (excludes halogenated alkanes) is 2. The highest BCUT2D eigenvalue weighted by atomic mass is 32.2. The van der Waals surface area contributed by atoms with Gasteiger partial charge in [-0.05, 0) is 76.2 Å². The Morgan fingerprint density at radius 2 is 1.52 bits per heavy atom. The van der Waals surface area contributed by atoms with Crippen molar-refractivity contribution in [3.05, 3.63) is 29.8 Å². The van der Waals surface area contributed by atoms with Gasteiger partial charge in [-0.2, -0.15) is 26.3 Å². The number of nitrogens with zero attached hydrogens (tertiary/aromatic N) is 1. The molecule has 0 heterocycles. The van der Waals surface area contributed by atoms with Crippen LogP contribution in [0.5, 0.6) is 5.75 Å². The first-order valence-corrected chi connectivity index (χ1v) is 9.19. The molecule has 0 amide bonds. The standard InChI is InChI=1S/C18H23F6NOS/c1-16(2,3)27-25-15(18(22,23)24)13-7-9-14(10-8-13)26-12-6-4-5-11-17(19,20)21/h7-10H,4-6,11-12H2,1-3H3/b25-15+. The quantitative estimate of drug-likeness (QED) is 0.198. The molecule has 0 fully saturated rings. The Balaban J connectivity index is 2.60. The van der Waals surface area contributed by atoms with Crippen LogP contribution in [0.3, 0.4) is 0 Å². The molecule has 0 aliphatic rings. The van der Waals surface area contributed by atoms with Gasteiger partial charge in [-0.25, -0.2) is 4.40 Å². The predicted molar refractivity (Wildman–Crippen MR) is 96.4 cm³/mol. The average Bonchev–Trinajstić information content (AvgIpc) is 2.48. The summed E-state index contributed by atoms with van der Waals surface area (Å²) in [6.07, 6.45) is -8.73. The van der Waals surface area contributed by atoms with Crippen LogP contribution in [0.15, 0.2) is 28.7 Å². The lowest BCUT2D eigenvalue weighted by Gasteiger charge is -2.16. The predicted octanol–water partition coefficient (Wildman–Crippen LogP) is 6.99. The van der Waals surface area contributed by atoms with Gasteiger partial charge in [-0.1, -0.05) is 0 Å². The molecule has 0 saturated heterocycles. The number of benzene rings is 1.